The summed E-state index contributed by atoms with van der Waals surface area (Å²) in [7, 11) is 0. The minimum Gasteiger partial charge on any atom is -0.508 e. The Morgan fingerprint density at radius 2 is 1.52 bits per heavy atom. The lowest BCUT2D eigenvalue weighted by Gasteiger charge is -2.25. The zero-order chi connectivity index (χ0) is 33.6. The van der Waals surface area contributed by atoms with Crippen LogP contribution in [-0.4, -0.2) is 87.6 Å². The summed E-state index contributed by atoms with van der Waals surface area (Å²) < 4.78 is 0. The maximum atomic E-state index is 13.5. The molecule has 3 rings (SSSR count). The summed E-state index contributed by atoms with van der Waals surface area (Å²) in [4.78, 5) is 59.2. The number of carbonyl (C=O) groups excluding carboxylic acids is 3. The van der Waals surface area contributed by atoms with Gasteiger partial charge in [-0.1, -0.05) is 30.3 Å². The van der Waals surface area contributed by atoms with Crippen LogP contribution in [-0.2, 0) is 32.0 Å². The van der Waals surface area contributed by atoms with Crippen LogP contribution in [0.5, 0.6) is 5.75 Å². The number of nitrogens with two attached hydrogens (primary N) is 3. The van der Waals surface area contributed by atoms with E-state index in [1.165, 1.54) is 23.9 Å². The van der Waals surface area contributed by atoms with Gasteiger partial charge in [0, 0.05) is 30.1 Å². The van der Waals surface area contributed by atoms with Gasteiger partial charge in [0.1, 0.15) is 23.9 Å². The Morgan fingerprint density at radius 1 is 0.891 bits per heavy atom. The lowest BCUT2D eigenvalue weighted by molar-refractivity contribution is -0.142. The fourth-order valence-electron chi connectivity index (χ4n) is 4.80. The summed E-state index contributed by atoms with van der Waals surface area (Å²) in [6.45, 7) is 0.179. The number of aromatic hydroxyl groups is 1. The van der Waals surface area contributed by atoms with Crippen LogP contribution in [0.25, 0.3) is 10.9 Å². The van der Waals surface area contributed by atoms with E-state index < -0.39 is 47.9 Å². The molecule has 3 aromatic rings. The average Bonchev–Trinajstić information content (AvgIpc) is 3.43. The number of amides is 3. The van der Waals surface area contributed by atoms with Crippen molar-refractivity contribution in [2.45, 2.75) is 56.3 Å². The third-order valence-corrected chi connectivity index (χ3v) is 7.91. The monoisotopic (exact) mass is 654 g/mol. The Labute approximate surface area is 271 Å². The summed E-state index contributed by atoms with van der Waals surface area (Å²) >= 11 is 1.47. The first-order valence-corrected chi connectivity index (χ1v) is 16.1. The van der Waals surface area contributed by atoms with Crippen LogP contribution in [0.1, 0.15) is 30.4 Å². The van der Waals surface area contributed by atoms with Crippen LogP contribution >= 0.6 is 11.8 Å². The van der Waals surface area contributed by atoms with E-state index in [0.717, 1.165) is 16.5 Å². The van der Waals surface area contributed by atoms with Crippen molar-refractivity contribution in [2.24, 2.45) is 22.2 Å². The number of carbonyl (C=O) groups is 4. The predicted molar refractivity (Wildman–Crippen MR) is 178 cm³/mol. The third-order valence-electron chi connectivity index (χ3n) is 7.26. The van der Waals surface area contributed by atoms with Crippen molar-refractivity contribution in [3.05, 3.63) is 65.9 Å². The van der Waals surface area contributed by atoms with Crippen molar-refractivity contribution < 1.29 is 29.4 Å². The fourth-order valence-corrected chi connectivity index (χ4v) is 5.27. The first-order valence-electron chi connectivity index (χ1n) is 14.7. The number of thioether (sulfide) groups is 1. The van der Waals surface area contributed by atoms with Gasteiger partial charge in [-0.3, -0.25) is 19.4 Å². The normalized spacial score (nSPS) is 13.6. The highest BCUT2D eigenvalue weighted by Crippen LogP contribution is 2.19. The zero-order valence-electron chi connectivity index (χ0n) is 25.6. The number of guanidine groups is 1. The van der Waals surface area contributed by atoms with E-state index in [-0.39, 0.29) is 43.9 Å². The van der Waals surface area contributed by atoms with E-state index in [2.05, 4.69) is 25.9 Å². The Kier molecular flexibility index (Phi) is 13.7. The van der Waals surface area contributed by atoms with Gasteiger partial charge in [0.25, 0.3) is 0 Å². The van der Waals surface area contributed by atoms with Crippen LogP contribution in [0.15, 0.2) is 59.7 Å². The number of nitrogens with zero attached hydrogens (tertiary/aromatic N) is 1. The van der Waals surface area contributed by atoms with Gasteiger partial charge in [0.15, 0.2) is 5.96 Å². The van der Waals surface area contributed by atoms with Gasteiger partial charge in [-0.15, -0.1) is 0 Å². The molecule has 1 heterocycles. The molecule has 0 fully saturated rings. The largest absolute Gasteiger partial charge is 0.508 e. The minimum atomic E-state index is -1.28. The number of phenolic OH excluding ortho intramolecular Hbond substituents is 1. The molecule has 1 aromatic heterocycles. The average molecular weight is 655 g/mol. The molecule has 15 heteroatoms. The zero-order valence-corrected chi connectivity index (χ0v) is 26.4. The third kappa shape index (κ3) is 11.0. The molecule has 2 aromatic carbocycles. The smallest absolute Gasteiger partial charge is 0.326 e. The highest BCUT2D eigenvalue weighted by molar-refractivity contribution is 7.98. The molecule has 14 nitrogen and oxygen atoms in total. The topological polar surface area (TPSA) is 251 Å². The van der Waals surface area contributed by atoms with E-state index in [1.54, 1.807) is 18.3 Å². The molecule has 0 saturated heterocycles. The van der Waals surface area contributed by atoms with Crippen LogP contribution in [0.3, 0.4) is 0 Å². The first-order chi connectivity index (χ1) is 22.0. The Morgan fingerprint density at radius 3 is 2.17 bits per heavy atom. The molecule has 0 saturated carbocycles. The number of phenols is 1. The number of rotatable bonds is 18. The molecular formula is C31H42N8O6S. The number of nitrogens with one attached hydrogen (secondary N) is 4. The lowest BCUT2D eigenvalue weighted by atomic mass is 10.0. The van der Waals surface area contributed by atoms with Gasteiger partial charge < -0.3 is 48.3 Å². The molecule has 0 spiro atoms. The Hall–Kier alpha value is -4.76. The number of aliphatic imine (C=N–C) groups is 1. The van der Waals surface area contributed by atoms with Gasteiger partial charge in [0.05, 0.1) is 6.04 Å². The number of carboxylic acids is 1. The second-order valence-corrected chi connectivity index (χ2v) is 11.8. The summed E-state index contributed by atoms with van der Waals surface area (Å²) in [6.07, 6.45) is 4.38. The van der Waals surface area contributed by atoms with Gasteiger partial charge in [0.2, 0.25) is 17.7 Å². The summed E-state index contributed by atoms with van der Waals surface area (Å²) in [5.41, 5.74) is 19.2. The SMILES string of the molecule is CSCCC(NC(=O)C(N)Cc1ccc(O)cc1)C(=O)NC(CCCN=C(N)N)C(=O)NC(Cc1c[nH]c2ccccc12)C(=O)O. The molecular weight excluding hydrogens is 612 g/mol. The van der Waals surface area contributed by atoms with Gasteiger partial charge in [-0.2, -0.15) is 11.8 Å². The van der Waals surface area contributed by atoms with Crippen molar-refractivity contribution in [1.29, 1.82) is 0 Å². The second kappa shape index (κ2) is 17.7. The van der Waals surface area contributed by atoms with Crippen molar-refractivity contribution in [2.75, 3.05) is 18.6 Å². The standard InChI is InChI=1S/C31H42N8O6S/c1-46-14-12-25(37-27(41)22(32)15-18-8-10-20(40)11-9-18)29(43)38-24(7-4-13-35-31(33)34)28(42)39-26(30(44)45)16-19-17-36-23-6-3-2-5-21(19)23/h2-3,5-6,8-11,17,22,24-26,36,40H,4,7,12-16,32H2,1H3,(H,37,41)(H,38,43)(H,39,42)(H,44,45)(H4,33,34,35). The highest BCUT2D eigenvalue weighted by Gasteiger charge is 2.30. The molecule has 248 valence electrons. The van der Waals surface area contributed by atoms with Crippen molar-refractivity contribution in [1.82, 2.24) is 20.9 Å². The summed E-state index contributed by atoms with van der Waals surface area (Å²) in [6, 6.07) is 9.26. The minimum absolute atomic E-state index is 0.00504. The fraction of sp³-hybridized carbons (Fsp3) is 0.387. The van der Waals surface area contributed by atoms with E-state index in [0.29, 0.717) is 17.7 Å². The molecule has 4 atom stereocenters. The maximum Gasteiger partial charge on any atom is 0.326 e. The molecule has 0 radical (unpaired) electrons. The maximum absolute atomic E-state index is 13.5. The van der Waals surface area contributed by atoms with Crippen molar-refractivity contribution in [3.8, 4) is 5.75 Å². The summed E-state index contributed by atoms with van der Waals surface area (Å²) in [5, 5.41) is 28.2. The number of benzene rings is 2. The molecule has 0 aliphatic rings. The van der Waals surface area contributed by atoms with E-state index >= 15 is 0 Å². The number of H-pyrrole nitrogens is 1. The molecule has 4 unspecified atom stereocenters. The van der Waals surface area contributed by atoms with Crippen LogP contribution in [0.2, 0.25) is 0 Å². The van der Waals surface area contributed by atoms with Gasteiger partial charge in [-0.25, -0.2) is 4.79 Å². The number of carboxylic acid groups (broad SMARTS) is 1. The highest BCUT2D eigenvalue weighted by atomic mass is 32.2. The number of aliphatic carboxylic acids is 1. The number of aromatic amines is 1. The van der Waals surface area contributed by atoms with Gasteiger partial charge >= 0.3 is 5.97 Å². The van der Waals surface area contributed by atoms with Crippen LogP contribution < -0.4 is 33.2 Å². The number of para-hydroxylation sites is 1. The van der Waals surface area contributed by atoms with Crippen LogP contribution in [0.4, 0.5) is 0 Å². The Balaban J connectivity index is 1.73. The van der Waals surface area contributed by atoms with E-state index in [1.807, 2.05) is 30.5 Å². The number of fused-ring (bicyclic) bond motifs is 1. The molecule has 46 heavy (non-hydrogen) atoms. The van der Waals surface area contributed by atoms with E-state index in [9.17, 15) is 29.4 Å². The first kappa shape index (κ1) is 35.7. The van der Waals surface area contributed by atoms with Gasteiger partial charge in [-0.05, 0) is 67.0 Å². The summed E-state index contributed by atoms with van der Waals surface area (Å²) in [5.74, 6) is -2.64. The Bertz CT molecular complexity index is 1510. The number of hydrogen-bond acceptors (Lipinski definition) is 8. The molecule has 0 aliphatic heterocycles. The number of aromatic nitrogens is 1. The molecule has 0 aliphatic carbocycles. The van der Waals surface area contributed by atoms with E-state index in [4.69, 9.17) is 17.2 Å². The second-order valence-electron chi connectivity index (χ2n) is 10.8. The van der Waals surface area contributed by atoms with Crippen molar-refractivity contribution >= 4 is 52.3 Å². The lowest BCUT2D eigenvalue weighted by Crippen LogP contribution is -2.57. The number of hydrogen-bond donors (Lipinski definition) is 9. The molecule has 12 N–H and O–H groups in total. The van der Waals surface area contributed by atoms with Crippen LogP contribution in [0, 0.1) is 0 Å². The molecule has 0 bridgehead atoms. The molecule has 3 amide bonds. The predicted octanol–water partition coefficient (Wildman–Crippen LogP) is 0.332. The quantitative estimate of drug-likeness (QED) is 0.0516. The van der Waals surface area contributed by atoms with Crippen molar-refractivity contribution in [3.63, 3.8) is 0 Å².